The number of methoxy groups -OCH3 is 1. The number of rotatable bonds is 7. The average Bonchev–Trinajstić information content (AvgIpc) is 3.45. The van der Waals surface area contributed by atoms with Gasteiger partial charge in [0.05, 0.1) is 12.7 Å². The van der Waals surface area contributed by atoms with Gasteiger partial charge in [0.2, 0.25) is 0 Å². The molecule has 1 aliphatic carbocycles. The van der Waals surface area contributed by atoms with Crippen LogP contribution in [0, 0.1) is 0 Å². The number of alkyl halides is 2. The topological polar surface area (TPSA) is 38.8 Å². The Labute approximate surface area is 158 Å². The van der Waals surface area contributed by atoms with Gasteiger partial charge in [-0.05, 0) is 58.6 Å². The van der Waals surface area contributed by atoms with Crippen molar-refractivity contribution in [2.24, 2.45) is 0 Å². The number of hydrogen-bond acceptors (Lipinski definition) is 3. The molecule has 0 heterocycles. The molecule has 1 amide bonds. The first-order chi connectivity index (χ1) is 12.5. The zero-order chi connectivity index (χ0) is 18.7. The highest BCUT2D eigenvalue weighted by atomic mass is 79.9. The molecule has 1 fully saturated rings. The molecule has 0 aliphatic heterocycles. The fraction of sp³-hybridized carbons (Fsp3) is 0.316. The Kier molecular flexibility index (Phi) is 5.76. The Bertz CT molecular complexity index is 796. The first-order valence-electron chi connectivity index (χ1n) is 8.17. The maximum atomic E-state index is 13.0. The fourth-order valence-corrected chi connectivity index (χ4v) is 3.20. The second-order valence-electron chi connectivity index (χ2n) is 6.01. The molecule has 3 rings (SSSR count). The maximum Gasteiger partial charge on any atom is 0.387 e. The molecule has 7 heteroatoms. The van der Waals surface area contributed by atoms with E-state index in [4.69, 9.17) is 4.74 Å². The molecule has 0 radical (unpaired) electrons. The van der Waals surface area contributed by atoms with Crippen LogP contribution in [0.1, 0.15) is 28.8 Å². The zero-order valence-corrected chi connectivity index (χ0v) is 15.7. The molecule has 2 aromatic rings. The summed E-state index contributed by atoms with van der Waals surface area (Å²) in [7, 11) is 1.39. The second-order valence-corrected chi connectivity index (χ2v) is 6.86. The van der Waals surface area contributed by atoms with Crippen molar-refractivity contribution in [3.8, 4) is 11.5 Å². The van der Waals surface area contributed by atoms with Gasteiger partial charge in [0.25, 0.3) is 5.91 Å². The van der Waals surface area contributed by atoms with Crippen LogP contribution in [0.5, 0.6) is 11.5 Å². The van der Waals surface area contributed by atoms with Crippen LogP contribution in [-0.4, -0.2) is 30.6 Å². The minimum absolute atomic E-state index is 0.0265. The Morgan fingerprint density at radius 3 is 2.58 bits per heavy atom. The molecular weight excluding hydrogens is 408 g/mol. The van der Waals surface area contributed by atoms with Crippen molar-refractivity contribution in [1.82, 2.24) is 4.90 Å². The molecule has 1 aliphatic rings. The van der Waals surface area contributed by atoms with E-state index in [1.54, 1.807) is 18.2 Å². The number of nitrogens with zero attached hydrogens (tertiary/aromatic N) is 1. The summed E-state index contributed by atoms with van der Waals surface area (Å²) < 4.78 is 35.2. The average molecular weight is 426 g/mol. The molecule has 26 heavy (non-hydrogen) atoms. The fourth-order valence-electron chi connectivity index (χ4n) is 2.74. The zero-order valence-electron chi connectivity index (χ0n) is 14.1. The van der Waals surface area contributed by atoms with Crippen molar-refractivity contribution in [3.63, 3.8) is 0 Å². The van der Waals surface area contributed by atoms with Crippen molar-refractivity contribution in [1.29, 1.82) is 0 Å². The van der Waals surface area contributed by atoms with Crippen LogP contribution in [0.2, 0.25) is 0 Å². The normalized spacial score (nSPS) is 13.6. The third-order valence-corrected chi connectivity index (χ3v) is 4.84. The second kappa shape index (κ2) is 8.03. The molecule has 138 valence electrons. The maximum absolute atomic E-state index is 13.0. The van der Waals surface area contributed by atoms with Gasteiger partial charge in [-0.25, -0.2) is 0 Å². The Hall–Kier alpha value is -2.15. The van der Waals surface area contributed by atoms with Gasteiger partial charge in [-0.1, -0.05) is 18.2 Å². The predicted molar refractivity (Wildman–Crippen MR) is 96.7 cm³/mol. The van der Waals surface area contributed by atoms with Gasteiger partial charge in [-0.3, -0.25) is 4.79 Å². The molecule has 1 saturated carbocycles. The van der Waals surface area contributed by atoms with Crippen LogP contribution in [0.15, 0.2) is 46.9 Å². The van der Waals surface area contributed by atoms with E-state index in [0.717, 1.165) is 22.9 Å². The summed E-state index contributed by atoms with van der Waals surface area (Å²) in [6.07, 6.45) is 1.92. The lowest BCUT2D eigenvalue weighted by Gasteiger charge is -2.24. The van der Waals surface area contributed by atoms with Crippen LogP contribution in [0.4, 0.5) is 8.78 Å². The number of hydrogen-bond donors (Lipinski definition) is 0. The minimum Gasteiger partial charge on any atom is -0.493 e. The summed E-state index contributed by atoms with van der Waals surface area (Å²) in [4.78, 5) is 14.8. The smallest absolute Gasteiger partial charge is 0.387 e. The Morgan fingerprint density at radius 1 is 1.23 bits per heavy atom. The lowest BCUT2D eigenvalue weighted by Crippen LogP contribution is -2.32. The number of benzene rings is 2. The van der Waals surface area contributed by atoms with Crippen LogP contribution >= 0.6 is 15.9 Å². The van der Waals surface area contributed by atoms with E-state index in [1.165, 1.54) is 13.2 Å². The van der Waals surface area contributed by atoms with Crippen LogP contribution in [0.25, 0.3) is 0 Å². The van der Waals surface area contributed by atoms with E-state index in [2.05, 4.69) is 20.7 Å². The third-order valence-electron chi connectivity index (χ3n) is 4.15. The summed E-state index contributed by atoms with van der Waals surface area (Å²) in [5.41, 5.74) is 1.39. The van der Waals surface area contributed by atoms with E-state index in [1.807, 2.05) is 23.1 Å². The standard InChI is InChI=1S/C19H18BrF2NO3/c1-25-17-10-12(6-9-16(17)26-19(21)22)11-23(13-7-8-13)18(24)14-4-2-3-5-15(14)20/h2-6,9-10,13,19H,7-8,11H2,1H3. The van der Waals surface area contributed by atoms with Crippen LogP contribution in [-0.2, 0) is 6.54 Å². The third kappa shape index (κ3) is 4.33. The number of carbonyl (C=O) groups is 1. The number of ether oxygens (including phenoxy) is 2. The highest BCUT2D eigenvalue weighted by Crippen LogP contribution is 2.34. The molecule has 0 N–H and O–H groups in total. The van der Waals surface area contributed by atoms with E-state index >= 15 is 0 Å². The molecular formula is C19H18BrF2NO3. The number of halogens is 3. The monoisotopic (exact) mass is 425 g/mol. The Balaban J connectivity index is 1.83. The molecule has 0 unspecified atom stereocenters. The van der Waals surface area contributed by atoms with Crippen molar-refractivity contribution >= 4 is 21.8 Å². The van der Waals surface area contributed by atoms with Crippen LogP contribution < -0.4 is 9.47 Å². The van der Waals surface area contributed by atoms with Gasteiger partial charge < -0.3 is 14.4 Å². The van der Waals surface area contributed by atoms with E-state index < -0.39 is 6.61 Å². The molecule has 0 aromatic heterocycles. The van der Waals surface area contributed by atoms with Crippen LogP contribution in [0.3, 0.4) is 0 Å². The van der Waals surface area contributed by atoms with E-state index in [9.17, 15) is 13.6 Å². The first-order valence-corrected chi connectivity index (χ1v) is 8.96. The minimum atomic E-state index is -2.92. The summed E-state index contributed by atoms with van der Waals surface area (Å²) in [5.74, 6) is 0.125. The van der Waals surface area contributed by atoms with Crippen molar-refractivity contribution in [2.75, 3.05) is 7.11 Å². The predicted octanol–water partition coefficient (Wildman–Crippen LogP) is 4.86. The molecule has 0 saturated heterocycles. The number of amides is 1. The quantitative estimate of drug-likeness (QED) is 0.635. The molecule has 0 atom stereocenters. The molecule has 0 spiro atoms. The summed E-state index contributed by atoms with van der Waals surface area (Å²) >= 11 is 3.42. The van der Waals surface area contributed by atoms with Gasteiger partial charge in [-0.15, -0.1) is 0 Å². The lowest BCUT2D eigenvalue weighted by atomic mass is 10.1. The Morgan fingerprint density at radius 2 is 1.96 bits per heavy atom. The lowest BCUT2D eigenvalue weighted by molar-refractivity contribution is -0.0512. The van der Waals surface area contributed by atoms with Crippen molar-refractivity contribution < 1.29 is 23.0 Å². The van der Waals surface area contributed by atoms with Gasteiger partial charge in [0.1, 0.15) is 0 Å². The molecule has 4 nitrogen and oxygen atoms in total. The SMILES string of the molecule is COc1cc(CN(C(=O)c2ccccc2Br)C2CC2)ccc1OC(F)F. The van der Waals surface area contributed by atoms with Crippen molar-refractivity contribution in [3.05, 3.63) is 58.1 Å². The van der Waals surface area contributed by atoms with Crippen molar-refractivity contribution in [2.45, 2.75) is 32.0 Å². The van der Waals surface area contributed by atoms with E-state index in [-0.39, 0.29) is 23.4 Å². The van der Waals surface area contributed by atoms with Gasteiger partial charge in [-0.2, -0.15) is 8.78 Å². The van der Waals surface area contributed by atoms with Gasteiger partial charge >= 0.3 is 6.61 Å². The van der Waals surface area contributed by atoms with Gasteiger partial charge in [0.15, 0.2) is 11.5 Å². The highest BCUT2D eigenvalue weighted by Gasteiger charge is 2.33. The molecule has 0 bridgehead atoms. The highest BCUT2D eigenvalue weighted by molar-refractivity contribution is 9.10. The largest absolute Gasteiger partial charge is 0.493 e. The molecule has 2 aromatic carbocycles. The summed E-state index contributed by atoms with van der Waals surface area (Å²) in [6.45, 7) is -2.55. The summed E-state index contributed by atoms with van der Waals surface area (Å²) in [5, 5.41) is 0. The first kappa shape index (κ1) is 18.6. The van der Waals surface area contributed by atoms with E-state index in [0.29, 0.717) is 12.1 Å². The van der Waals surface area contributed by atoms with Gasteiger partial charge in [0, 0.05) is 17.1 Å². The summed E-state index contributed by atoms with van der Waals surface area (Å²) in [6, 6.07) is 12.2. The number of carbonyl (C=O) groups excluding carboxylic acids is 1.